The number of non-ortho nitro benzene ring substituents is 1. The summed E-state index contributed by atoms with van der Waals surface area (Å²) >= 11 is 1.56. The summed E-state index contributed by atoms with van der Waals surface area (Å²) in [7, 11) is 0. The zero-order valence-electron chi connectivity index (χ0n) is 11.3. The van der Waals surface area contributed by atoms with Gasteiger partial charge in [-0.15, -0.1) is 11.3 Å². The Morgan fingerprint density at radius 3 is 2.90 bits per heavy atom. The van der Waals surface area contributed by atoms with Crippen molar-refractivity contribution in [3.8, 4) is 5.75 Å². The molecule has 0 bridgehead atoms. The number of carbonyl (C=O) groups excluding carboxylic acids is 1. The molecule has 0 unspecified atom stereocenters. The lowest BCUT2D eigenvalue weighted by atomic mass is 10.3. The highest BCUT2D eigenvalue weighted by Gasteiger charge is 2.12. The maximum Gasteiger partial charge on any atom is 0.273 e. The van der Waals surface area contributed by atoms with E-state index in [-0.39, 0.29) is 24.2 Å². The first-order chi connectivity index (χ1) is 10.1. The van der Waals surface area contributed by atoms with Gasteiger partial charge in [-0.25, -0.2) is 0 Å². The molecule has 1 N–H and O–H groups in total. The molecule has 0 saturated carbocycles. The first-order valence-corrected chi connectivity index (χ1v) is 7.14. The van der Waals surface area contributed by atoms with Gasteiger partial charge in [-0.05, 0) is 24.4 Å². The van der Waals surface area contributed by atoms with Gasteiger partial charge in [0, 0.05) is 10.9 Å². The molecule has 1 atom stereocenters. The maximum absolute atomic E-state index is 11.8. The Labute approximate surface area is 125 Å². The van der Waals surface area contributed by atoms with Crippen LogP contribution in [0.3, 0.4) is 0 Å². The van der Waals surface area contributed by atoms with E-state index in [0.29, 0.717) is 5.75 Å². The van der Waals surface area contributed by atoms with E-state index in [1.807, 2.05) is 24.4 Å². The molecular formula is C14H14N2O4S. The first-order valence-electron chi connectivity index (χ1n) is 6.26. The van der Waals surface area contributed by atoms with Crippen molar-refractivity contribution in [3.63, 3.8) is 0 Å². The van der Waals surface area contributed by atoms with Gasteiger partial charge in [-0.3, -0.25) is 14.9 Å². The minimum atomic E-state index is -0.508. The van der Waals surface area contributed by atoms with Gasteiger partial charge in [0.05, 0.1) is 17.0 Å². The predicted octanol–water partition coefficient (Wildman–Crippen LogP) is 2.91. The SMILES string of the molecule is C[C@H](NC(=O)COc1cccc([N+](=O)[O-])c1)c1cccs1. The number of carbonyl (C=O) groups is 1. The minimum Gasteiger partial charge on any atom is -0.484 e. The fourth-order valence-electron chi connectivity index (χ4n) is 1.73. The summed E-state index contributed by atoms with van der Waals surface area (Å²) in [6.07, 6.45) is 0. The van der Waals surface area contributed by atoms with Gasteiger partial charge in [-0.1, -0.05) is 12.1 Å². The standard InChI is InChI=1S/C14H14N2O4S/c1-10(13-6-3-7-21-13)15-14(17)9-20-12-5-2-4-11(8-12)16(18)19/h2-8,10H,9H2,1H3,(H,15,17)/t10-/m0/s1. The summed E-state index contributed by atoms with van der Waals surface area (Å²) in [5.41, 5.74) is -0.0696. The van der Waals surface area contributed by atoms with Crippen LogP contribution >= 0.6 is 11.3 Å². The molecule has 110 valence electrons. The number of amides is 1. The Kier molecular flexibility index (Phi) is 4.89. The zero-order chi connectivity index (χ0) is 15.2. The van der Waals surface area contributed by atoms with Gasteiger partial charge in [0.15, 0.2) is 6.61 Å². The van der Waals surface area contributed by atoms with Crippen LogP contribution in [0.25, 0.3) is 0 Å². The number of rotatable bonds is 6. The van der Waals surface area contributed by atoms with Crippen molar-refractivity contribution in [2.24, 2.45) is 0 Å². The van der Waals surface area contributed by atoms with Crippen molar-refractivity contribution in [2.45, 2.75) is 13.0 Å². The van der Waals surface area contributed by atoms with Gasteiger partial charge in [-0.2, -0.15) is 0 Å². The highest BCUT2D eigenvalue weighted by molar-refractivity contribution is 7.10. The van der Waals surface area contributed by atoms with E-state index in [1.165, 1.54) is 18.2 Å². The van der Waals surface area contributed by atoms with Gasteiger partial charge in [0.2, 0.25) is 0 Å². The first kappa shape index (κ1) is 15.0. The smallest absolute Gasteiger partial charge is 0.273 e. The van der Waals surface area contributed by atoms with Crippen LogP contribution in [0.4, 0.5) is 5.69 Å². The van der Waals surface area contributed by atoms with Crippen molar-refractivity contribution < 1.29 is 14.5 Å². The molecule has 1 amide bonds. The molecule has 2 aromatic rings. The van der Waals surface area contributed by atoms with Gasteiger partial charge >= 0.3 is 0 Å². The van der Waals surface area contributed by atoms with E-state index < -0.39 is 4.92 Å². The van der Waals surface area contributed by atoms with Crippen LogP contribution in [0.1, 0.15) is 17.8 Å². The van der Waals surface area contributed by atoms with Crippen LogP contribution in [0.2, 0.25) is 0 Å². The van der Waals surface area contributed by atoms with Crippen LogP contribution < -0.4 is 10.1 Å². The molecular weight excluding hydrogens is 292 g/mol. The molecule has 0 aliphatic carbocycles. The number of benzene rings is 1. The van der Waals surface area contributed by atoms with Crippen LogP contribution in [-0.4, -0.2) is 17.4 Å². The summed E-state index contributed by atoms with van der Waals surface area (Å²) in [5.74, 6) is 0.0190. The average molecular weight is 306 g/mol. The quantitative estimate of drug-likeness (QED) is 0.657. The largest absolute Gasteiger partial charge is 0.484 e. The van der Waals surface area contributed by atoms with E-state index in [1.54, 1.807) is 17.4 Å². The van der Waals surface area contributed by atoms with Crippen molar-refractivity contribution in [2.75, 3.05) is 6.61 Å². The molecule has 1 aromatic carbocycles. The van der Waals surface area contributed by atoms with Crippen molar-refractivity contribution >= 4 is 22.9 Å². The number of hydrogen-bond acceptors (Lipinski definition) is 5. The van der Waals surface area contributed by atoms with Crippen molar-refractivity contribution in [1.29, 1.82) is 0 Å². The third kappa shape index (κ3) is 4.28. The Balaban J connectivity index is 1.86. The Morgan fingerprint density at radius 1 is 1.43 bits per heavy atom. The lowest BCUT2D eigenvalue weighted by molar-refractivity contribution is -0.384. The highest BCUT2D eigenvalue weighted by Crippen LogP contribution is 2.20. The average Bonchev–Trinajstić information content (AvgIpc) is 2.99. The minimum absolute atomic E-state index is 0.0696. The number of nitrogens with zero attached hydrogens (tertiary/aromatic N) is 1. The van der Waals surface area contributed by atoms with Crippen molar-refractivity contribution in [3.05, 3.63) is 56.8 Å². The molecule has 6 nitrogen and oxygen atoms in total. The van der Waals surface area contributed by atoms with Crippen LogP contribution in [0, 0.1) is 10.1 Å². The van der Waals surface area contributed by atoms with Gasteiger partial charge in [0.25, 0.3) is 11.6 Å². The molecule has 21 heavy (non-hydrogen) atoms. The number of nitrogens with one attached hydrogen (secondary N) is 1. The van der Waals surface area contributed by atoms with E-state index in [0.717, 1.165) is 4.88 Å². The normalized spacial score (nSPS) is 11.7. The fraction of sp³-hybridized carbons (Fsp3) is 0.214. The molecule has 0 fully saturated rings. The maximum atomic E-state index is 11.8. The monoisotopic (exact) mass is 306 g/mol. The molecule has 0 aliphatic rings. The summed E-state index contributed by atoms with van der Waals surface area (Å²) in [6.45, 7) is 1.70. The third-order valence-corrected chi connectivity index (χ3v) is 3.80. The summed E-state index contributed by atoms with van der Waals surface area (Å²) in [4.78, 5) is 23.0. The lowest BCUT2D eigenvalue weighted by Gasteiger charge is -2.12. The summed E-state index contributed by atoms with van der Waals surface area (Å²) in [5, 5.41) is 15.4. The Bertz CT molecular complexity index is 628. The molecule has 0 spiro atoms. The molecule has 0 saturated heterocycles. The van der Waals surface area contributed by atoms with Gasteiger partial charge in [0.1, 0.15) is 5.75 Å². The Hall–Kier alpha value is -2.41. The Morgan fingerprint density at radius 2 is 2.24 bits per heavy atom. The highest BCUT2D eigenvalue weighted by atomic mass is 32.1. The number of thiophene rings is 1. The second-order valence-electron chi connectivity index (χ2n) is 4.35. The zero-order valence-corrected chi connectivity index (χ0v) is 12.1. The van der Waals surface area contributed by atoms with Crippen LogP contribution in [0.15, 0.2) is 41.8 Å². The number of nitro benzene ring substituents is 1. The van der Waals surface area contributed by atoms with Crippen molar-refractivity contribution in [1.82, 2.24) is 5.32 Å². The number of nitro groups is 1. The second-order valence-corrected chi connectivity index (χ2v) is 5.33. The topological polar surface area (TPSA) is 81.5 Å². The van der Waals surface area contributed by atoms with E-state index in [4.69, 9.17) is 4.74 Å². The third-order valence-electron chi connectivity index (χ3n) is 2.75. The van der Waals surface area contributed by atoms with E-state index >= 15 is 0 Å². The lowest BCUT2D eigenvalue weighted by Crippen LogP contribution is -2.30. The van der Waals surface area contributed by atoms with Crippen LogP contribution in [0.5, 0.6) is 5.75 Å². The number of ether oxygens (including phenoxy) is 1. The molecule has 0 radical (unpaired) electrons. The van der Waals surface area contributed by atoms with Crippen LogP contribution in [-0.2, 0) is 4.79 Å². The summed E-state index contributed by atoms with van der Waals surface area (Å²) < 4.78 is 5.26. The van der Waals surface area contributed by atoms with E-state index in [2.05, 4.69) is 5.32 Å². The fourth-order valence-corrected chi connectivity index (χ4v) is 2.46. The summed E-state index contributed by atoms with van der Waals surface area (Å²) in [6, 6.07) is 9.51. The molecule has 1 aromatic heterocycles. The predicted molar refractivity (Wildman–Crippen MR) is 79.5 cm³/mol. The molecule has 0 aliphatic heterocycles. The molecule has 7 heteroatoms. The number of hydrogen-bond donors (Lipinski definition) is 1. The second kappa shape index (κ2) is 6.85. The van der Waals surface area contributed by atoms with E-state index in [9.17, 15) is 14.9 Å². The van der Waals surface area contributed by atoms with Gasteiger partial charge < -0.3 is 10.1 Å². The molecule has 2 rings (SSSR count). The molecule has 1 heterocycles.